The first-order valence-corrected chi connectivity index (χ1v) is 11.0. The van der Waals surface area contributed by atoms with Crippen LogP contribution < -0.4 is 10.3 Å². The number of amides is 1. The highest BCUT2D eigenvalue weighted by atomic mass is 19.4. The van der Waals surface area contributed by atoms with Crippen LogP contribution in [0.1, 0.15) is 23.6 Å². The van der Waals surface area contributed by atoms with E-state index in [-0.39, 0.29) is 43.0 Å². The lowest BCUT2D eigenvalue weighted by Gasteiger charge is -2.39. The fraction of sp³-hybridized carbons (Fsp3) is 0.417. The molecule has 0 saturated carbocycles. The number of piperazine rings is 1. The number of pyridine rings is 1. The molecule has 4 rings (SSSR count). The van der Waals surface area contributed by atoms with Crippen LogP contribution in [0.2, 0.25) is 0 Å². The van der Waals surface area contributed by atoms with E-state index in [1.54, 1.807) is 11.8 Å². The number of nitrogens with zero attached hydrogens (tertiary/aromatic N) is 3. The second-order valence-corrected chi connectivity index (χ2v) is 8.47. The summed E-state index contributed by atoms with van der Waals surface area (Å²) in [5.41, 5.74) is -1.19. The van der Waals surface area contributed by atoms with Gasteiger partial charge in [-0.3, -0.25) is 14.5 Å². The van der Waals surface area contributed by atoms with E-state index in [1.165, 1.54) is 23.8 Å². The molecule has 0 unspecified atom stereocenters. The normalized spacial score (nSPS) is 18.5. The van der Waals surface area contributed by atoms with E-state index in [0.29, 0.717) is 30.8 Å². The lowest BCUT2D eigenvalue weighted by Crippen LogP contribution is -2.55. The van der Waals surface area contributed by atoms with Gasteiger partial charge in [0.05, 0.1) is 28.4 Å². The molecule has 182 valence electrons. The molecular formula is C24H26F3N3O4. The Labute approximate surface area is 194 Å². The molecule has 0 bridgehead atoms. The second-order valence-electron chi connectivity index (χ2n) is 8.47. The average Bonchev–Trinajstić information content (AvgIpc) is 2.99. The Bertz CT molecular complexity index is 1210. The number of phenolic OH excluding ortho intramolecular Hbond substituents is 1. The van der Waals surface area contributed by atoms with Gasteiger partial charge < -0.3 is 19.3 Å². The predicted octanol–water partition coefficient (Wildman–Crippen LogP) is 2.93. The highest BCUT2D eigenvalue weighted by Crippen LogP contribution is 2.44. The van der Waals surface area contributed by atoms with Crippen LogP contribution >= 0.6 is 0 Å². The van der Waals surface area contributed by atoms with Crippen molar-refractivity contribution in [3.05, 3.63) is 57.9 Å². The number of carbonyl (C=O) groups is 1. The number of aromatic nitrogens is 1. The first kappa shape index (κ1) is 23.9. The zero-order chi connectivity index (χ0) is 24.8. The summed E-state index contributed by atoms with van der Waals surface area (Å²) in [7, 11) is 1.41. The van der Waals surface area contributed by atoms with Crippen LogP contribution in [0.4, 0.5) is 13.2 Å². The number of halogens is 3. The van der Waals surface area contributed by atoms with Crippen LogP contribution in [0.25, 0.3) is 11.3 Å². The zero-order valence-corrected chi connectivity index (χ0v) is 19.0. The SMILES string of the molecule is C=CC(=O)N1CCN2Cc3c(c(CC)c(-c4c(O)cccc4C(F)(F)F)n(C)c3=O)OC[C@H]2C1. The maximum absolute atomic E-state index is 13.8. The summed E-state index contributed by atoms with van der Waals surface area (Å²) in [6.45, 7) is 7.10. The molecule has 2 aromatic rings. The molecule has 1 aromatic heterocycles. The third-order valence-electron chi connectivity index (χ3n) is 6.54. The number of rotatable bonds is 3. The largest absolute Gasteiger partial charge is 0.507 e. The molecule has 1 saturated heterocycles. The molecule has 1 amide bonds. The van der Waals surface area contributed by atoms with Crippen molar-refractivity contribution in [3.63, 3.8) is 0 Å². The Hall–Kier alpha value is -3.27. The van der Waals surface area contributed by atoms with E-state index in [0.717, 1.165) is 12.1 Å². The number of fused-ring (bicyclic) bond motifs is 2. The van der Waals surface area contributed by atoms with E-state index in [2.05, 4.69) is 11.5 Å². The molecule has 10 heteroatoms. The molecule has 34 heavy (non-hydrogen) atoms. The number of phenols is 1. The van der Waals surface area contributed by atoms with Crippen molar-refractivity contribution in [2.24, 2.45) is 7.05 Å². The van der Waals surface area contributed by atoms with Crippen LogP contribution in [0.5, 0.6) is 11.5 Å². The predicted molar refractivity (Wildman–Crippen MR) is 120 cm³/mol. The lowest BCUT2D eigenvalue weighted by atomic mass is 9.95. The Morgan fingerprint density at radius 2 is 2.06 bits per heavy atom. The maximum atomic E-state index is 13.8. The Balaban J connectivity index is 1.87. The molecule has 0 radical (unpaired) electrons. The van der Waals surface area contributed by atoms with Crippen molar-refractivity contribution in [1.29, 1.82) is 0 Å². The number of alkyl halides is 3. The summed E-state index contributed by atoms with van der Waals surface area (Å²) in [5.74, 6) is -0.495. The van der Waals surface area contributed by atoms with Crippen LogP contribution in [0, 0.1) is 0 Å². The van der Waals surface area contributed by atoms with E-state index in [9.17, 15) is 27.9 Å². The van der Waals surface area contributed by atoms with Crippen LogP contribution in [-0.4, -0.2) is 57.7 Å². The van der Waals surface area contributed by atoms with Gasteiger partial charge in [-0.2, -0.15) is 13.2 Å². The highest BCUT2D eigenvalue weighted by Gasteiger charge is 2.39. The van der Waals surface area contributed by atoms with Gasteiger partial charge in [-0.25, -0.2) is 0 Å². The lowest BCUT2D eigenvalue weighted by molar-refractivity contribution is -0.137. The standard InChI is InChI=1S/C24H26F3N3O4/c1-4-15-21(20-17(24(25,26)27)7-6-8-18(20)31)28(3)23(33)16-12-29-9-10-30(19(32)5-2)11-14(29)13-34-22(15)16/h5-8,14,31H,2,4,9-13H2,1,3H3/t14-/m1/s1. The maximum Gasteiger partial charge on any atom is 0.417 e. The van der Waals surface area contributed by atoms with Crippen molar-refractivity contribution >= 4 is 5.91 Å². The molecule has 1 N–H and O–H groups in total. The third kappa shape index (κ3) is 3.96. The summed E-state index contributed by atoms with van der Waals surface area (Å²) in [6.07, 6.45) is -3.20. The molecule has 0 spiro atoms. The number of benzene rings is 1. The quantitative estimate of drug-likeness (QED) is 0.689. The molecule has 2 aliphatic heterocycles. The minimum absolute atomic E-state index is 0.0139. The molecular weight excluding hydrogens is 451 g/mol. The van der Waals surface area contributed by atoms with E-state index in [4.69, 9.17) is 4.74 Å². The van der Waals surface area contributed by atoms with Gasteiger partial charge in [0.25, 0.3) is 5.56 Å². The number of aromatic hydroxyl groups is 1. The van der Waals surface area contributed by atoms with E-state index in [1.807, 2.05) is 0 Å². The monoisotopic (exact) mass is 477 g/mol. The zero-order valence-electron chi connectivity index (χ0n) is 19.0. The van der Waals surface area contributed by atoms with Gasteiger partial charge in [0.1, 0.15) is 18.1 Å². The molecule has 0 aliphatic carbocycles. The summed E-state index contributed by atoms with van der Waals surface area (Å²) >= 11 is 0. The molecule has 2 aliphatic rings. The fourth-order valence-electron chi connectivity index (χ4n) is 4.85. The summed E-state index contributed by atoms with van der Waals surface area (Å²) in [5, 5.41) is 10.5. The van der Waals surface area contributed by atoms with Crippen LogP contribution in [0.15, 0.2) is 35.6 Å². The van der Waals surface area contributed by atoms with Crippen LogP contribution in [-0.2, 0) is 31.0 Å². The number of carbonyl (C=O) groups excluding carboxylic acids is 1. The average molecular weight is 477 g/mol. The minimum Gasteiger partial charge on any atom is -0.507 e. The Morgan fingerprint density at radius 1 is 1.32 bits per heavy atom. The molecule has 1 aromatic carbocycles. The van der Waals surface area contributed by atoms with Gasteiger partial charge in [0.15, 0.2) is 0 Å². The first-order chi connectivity index (χ1) is 16.1. The number of hydrogen-bond acceptors (Lipinski definition) is 5. The van der Waals surface area contributed by atoms with Crippen molar-refractivity contribution in [2.75, 3.05) is 26.2 Å². The Kier molecular flexibility index (Phi) is 6.20. The van der Waals surface area contributed by atoms with E-state index >= 15 is 0 Å². The fourth-order valence-corrected chi connectivity index (χ4v) is 4.85. The first-order valence-electron chi connectivity index (χ1n) is 11.0. The van der Waals surface area contributed by atoms with Crippen molar-refractivity contribution in [1.82, 2.24) is 14.4 Å². The second kappa shape index (κ2) is 8.83. The van der Waals surface area contributed by atoms with Crippen molar-refractivity contribution < 1.29 is 27.8 Å². The topological polar surface area (TPSA) is 75.0 Å². The molecule has 1 atom stereocenters. The molecule has 3 heterocycles. The summed E-state index contributed by atoms with van der Waals surface area (Å²) in [4.78, 5) is 29.2. The minimum atomic E-state index is -4.73. The Morgan fingerprint density at radius 3 is 2.71 bits per heavy atom. The number of ether oxygens (including phenoxy) is 1. The van der Waals surface area contributed by atoms with Gasteiger partial charge in [-0.1, -0.05) is 19.6 Å². The van der Waals surface area contributed by atoms with Crippen molar-refractivity contribution in [2.45, 2.75) is 32.1 Å². The van der Waals surface area contributed by atoms with Crippen LogP contribution in [0.3, 0.4) is 0 Å². The molecule has 7 nitrogen and oxygen atoms in total. The third-order valence-corrected chi connectivity index (χ3v) is 6.54. The van der Waals surface area contributed by atoms with Gasteiger partial charge in [-0.05, 0) is 24.6 Å². The van der Waals surface area contributed by atoms with Gasteiger partial charge in [0.2, 0.25) is 5.91 Å². The molecule has 1 fully saturated rings. The smallest absolute Gasteiger partial charge is 0.417 e. The van der Waals surface area contributed by atoms with Gasteiger partial charge in [-0.15, -0.1) is 0 Å². The summed E-state index contributed by atoms with van der Waals surface area (Å²) < 4.78 is 48.8. The van der Waals surface area contributed by atoms with Gasteiger partial charge in [0, 0.05) is 38.8 Å². The number of hydrogen-bond donors (Lipinski definition) is 1. The summed E-state index contributed by atoms with van der Waals surface area (Å²) in [6, 6.07) is 3.00. The van der Waals surface area contributed by atoms with Crippen molar-refractivity contribution in [3.8, 4) is 22.8 Å². The highest BCUT2D eigenvalue weighted by molar-refractivity contribution is 5.87. The van der Waals surface area contributed by atoms with E-state index < -0.39 is 28.6 Å². The van der Waals surface area contributed by atoms with Gasteiger partial charge >= 0.3 is 6.18 Å².